The summed E-state index contributed by atoms with van der Waals surface area (Å²) in [5, 5.41) is 3.86. The first kappa shape index (κ1) is 19.2. The van der Waals surface area contributed by atoms with Gasteiger partial charge >= 0.3 is 0 Å². The van der Waals surface area contributed by atoms with Gasteiger partial charge in [0.2, 0.25) is 11.8 Å². The number of fused-ring (bicyclic) bond motifs is 4. The van der Waals surface area contributed by atoms with Crippen LogP contribution in [0.25, 0.3) is 10.9 Å². The van der Waals surface area contributed by atoms with Crippen LogP contribution in [0.2, 0.25) is 0 Å². The Labute approximate surface area is 179 Å². The molecule has 0 spiro atoms. The molecule has 7 heteroatoms. The summed E-state index contributed by atoms with van der Waals surface area (Å²) in [5.74, 6) is -0.355. The summed E-state index contributed by atoms with van der Waals surface area (Å²) >= 11 is 0. The number of aromatic nitrogens is 1. The molecule has 1 N–H and O–H groups in total. The van der Waals surface area contributed by atoms with Crippen LogP contribution in [-0.4, -0.2) is 39.8 Å². The Balaban J connectivity index is 1.38. The Hall–Kier alpha value is -3.74. The van der Waals surface area contributed by atoms with Crippen molar-refractivity contribution in [1.82, 2.24) is 9.88 Å². The highest BCUT2D eigenvalue weighted by atomic mass is 16.2. The first-order valence-corrected chi connectivity index (χ1v) is 10.4. The average Bonchev–Trinajstić information content (AvgIpc) is 3.09. The zero-order valence-corrected chi connectivity index (χ0v) is 17.2. The predicted molar refractivity (Wildman–Crippen MR) is 118 cm³/mol. The molecule has 156 valence electrons. The number of hydrogen-bond acceptors (Lipinski definition) is 4. The number of rotatable bonds is 4. The van der Waals surface area contributed by atoms with Gasteiger partial charge in [0.15, 0.2) is 0 Å². The van der Waals surface area contributed by atoms with Gasteiger partial charge in [0.25, 0.3) is 5.91 Å². The van der Waals surface area contributed by atoms with Gasteiger partial charge in [0, 0.05) is 31.0 Å². The number of anilines is 2. The molecule has 0 saturated carbocycles. The van der Waals surface area contributed by atoms with Crippen LogP contribution in [0.3, 0.4) is 0 Å². The highest BCUT2D eigenvalue weighted by Gasteiger charge is 2.52. The fraction of sp³-hybridized carbons (Fsp3) is 0.250. The highest BCUT2D eigenvalue weighted by molar-refractivity contribution is 6.10. The van der Waals surface area contributed by atoms with Gasteiger partial charge in [-0.3, -0.25) is 24.3 Å². The lowest BCUT2D eigenvalue weighted by Crippen LogP contribution is -2.62. The van der Waals surface area contributed by atoms with Crippen LogP contribution in [-0.2, 0) is 9.59 Å². The molecule has 2 aromatic carbocycles. The molecule has 0 bridgehead atoms. The molecule has 1 aromatic heterocycles. The second-order valence-electron chi connectivity index (χ2n) is 8.10. The molecule has 2 aliphatic heterocycles. The Kier molecular flexibility index (Phi) is 4.46. The number of amides is 3. The molecule has 3 heterocycles. The van der Waals surface area contributed by atoms with Gasteiger partial charge < -0.3 is 10.2 Å². The van der Waals surface area contributed by atoms with Crippen molar-refractivity contribution in [3.05, 3.63) is 66.4 Å². The van der Waals surface area contributed by atoms with E-state index < -0.39 is 5.66 Å². The fourth-order valence-corrected chi connectivity index (χ4v) is 4.67. The van der Waals surface area contributed by atoms with Crippen molar-refractivity contribution in [2.24, 2.45) is 0 Å². The van der Waals surface area contributed by atoms with Gasteiger partial charge in [-0.2, -0.15) is 0 Å². The number of benzene rings is 2. The number of para-hydroxylation sites is 2. The summed E-state index contributed by atoms with van der Waals surface area (Å²) in [7, 11) is 0. The monoisotopic (exact) mass is 414 g/mol. The zero-order valence-electron chi connectivity index (χ0n) is 17.2. The fourth-order valence-electron chi connectivity index (χ4n) is 4.67. The topological polar surface area (TPSA) is 82.6 Å². The molecule has 2 aliphatic rings. The van der Waals surface area contributed by atoms with Gasteiger partial charge in [-0.25, -0.2) is 0 Å². The molecule has 1 fully saturated rings. The van der Waals surface area contributed by atoms with Crippen molar-refractivity contribution in [2.75, 3.05) is 16.8 Å². The molecule has 0 aliphatic carbocycles. The minimum absolute atomic E-state index is 0.00117. The van der Waals surface area contributed by atoms with Crippen LogP contribution in [0.1, 0.15) is 36.5 Å². The van der Waals surface area contributed by atoms with E-state index >= 15 is 0 Å². The van der Waals surface area contributed by atoms with E-state index in [0.29, 0.717) is 29.8 Å². The van der Waals surface area contributed by atoms with E-state index in [1.54, 1.807) is 28.1 Å². The largest absolute Gasteiger partial charge is 0.324 e. The van der Waals surface area contributed by atoms with Gasteiger partial charge in [-0.05, 0) is 37.6 Å². The maximum Gasteiger partial charge on any atom is 0.257 e. The van der Waals surface area contributed by atoms with Crippen LogP contribution >= 0.6 is 0 Å². The summed E-state index contributed by atoms with van der Waals surface area (Å²) in [6.07, 6.45) is 2.73. The van der Waals surface area contributed by atoms with E-state index in [0.717, 1.165) is 10.9 Å². The van der Waals surface area contributed by atoms with Gasteiger partial charge in [0.1, 0.15) is 5.66 Å². The standard InChI is InChI=1S/C24H22N4O3/c1-24-13-11-21(30)28(24)19-10-3-2-8-17(19)23(31)27(24)15-12-20(29)26-18-9-4-6-16-7-5-14-25-22(16)18/h2-10,14H,11-13,15H2,1H3,(H,26,29). The van der Waals surface area contributed by atoms with E-state index in [1.165, 1.54) is 0 Å². The second-order valence-corrected chi connectivity index (χ2v) is 8.10. The number of carbonyl (C=O) groups excluding carboxylic acids is 3. The molecule has 3 aromatic rings. The number of pyridine rings is 1. The van der Waals surface area contributed by atoms with Gasteiger partial charge in [-0.15, -0.1) is 0 Å². The molecular weight excluding hydrogens is 392 g/mol. The Morgan fingerprint density at radius 3 is 2.77 bits per heavy atom. The third-order valence-corrected chi connectivity index (χ3v) is 6.21. The lowest BCUT2D eigenvalue weighted by atomic mass is 9.98. The van der Waals surface area contributed by atoms with Crippen molar-refractivity contribution in [3.8, 4) is 0 Å². The predicted octanol–water partition coefficient (Wildman–Crippen LogP) is 3.56. The lowest BCUT2D eigenvalue weighted by molar-refractivity contribution is -0.117. The molecule has 3 amide bonds. The summed E-state index contributed by atoms with van der Waals surface area (Å²) in [5.41, 5.74) is 1.75. The first-order chi connectivity index (χ1) is 15.0. The van der Waals surface area contributed by atoms with Crippen LogP contribution in [0.15, 0.2) is 60.8 Å². The third-order valence-electron chi connectivity index (χ3n) is 6.21. The van der Waals surface area contributed by atoms with Crippen molar-refractivity contribution in [3.63, 3.8) is 0 Å². The Morgan fingerprint density at radius 2 is 1.90 bits per heavy atom. The van der Waals surface area contributed by atoms with E-state index in [1.807, 2.05) is 49.4 Å². The van der Waals surface area contributed by atoms with Crippen molar-refractivity contribution >= 4 is 40.0 Å². The van der Waals surface area contributed by atoms with E-state index in [4.69, 9.17) is 0 Å². The molecule has 1 saturated heterocycles. The molecule has 1 unspecified atom stereocenters. The minimum Gasteiger partial charge on any atom is -0.324 e. The Morgan fingerprint density at radius 1 is 1.10 bits per heavy atom. The molecule has 0 radical (unpaired) electrons. The molecule has 5 rings (SSSR count). The van der Waals surface area contributed by atoms with Crippen LogP contribution < -0.4 is 10.2 Å². The van der Waals surface area contributed by atoms with Crippen molar-refractivity contribution in [1.29, 1.82) is 0 Å². The van der Waals surface area contributed by atoms with E-state index in [9.17, 15) is 14.4 Å². The number of nitrogens with zero attached hydrogens (tertiary/aromatic N) is 3. The molecule has 7 nitrogen and oxygen atoms in total. The van der Waals surface area contributed by atoms with Crippen molar-refractivity contribution < 1.29 is 14.4 Å². The maximum atomic E-state index is 13.3. The van der Waals surface area contributed by atoms with Crippen molar-refractivity contribution in [2.45, 2.75) is 31.8 Å². The SMILES string of the molecule is CC12CCC(=O)N1c1ccccc1C(=O)N2CCC(=O)Nc1cccc2cccnc12. The lowest BCUT2D eigenvalue weighted by Gasteiger charge is -2.48. The van der Waals surface area contributed by atoms with E-state index in [2.05, 4.69) is 10.3 Å². The van der Waals surface area contributed by atoms with Crippen LogP contribution in [0.5, 0.6) is 0 Å². The third kappa shape index (κ3) is 3.04. The summed E-state index contributed by atoms with van der Waals surface area (Å²) in [6, 6.07) is 16.6. The molecular formula is C24H22N4O3. The quantitative estimate of drug-likeness (QED) is 0.708. The Bertz CT molecular complexity index is 1220. The zero-order chi connectivity index (χ0) is 21.6. The summed E-state index contributed by atoms with van der Waals surface area (Å²) in [4.78, 5) is 46.4. The smallest absolute Gasteiger partial charge is 0.257 e. The normalized spacial score (nSPS) is 20.0. The molecule has 31 heavy (non-hydrogen) atoms. The van der Waals surface area contributed by atoms with Gasteiger partial charge in [0.05, 0.1) is 22.5 Å². The maximum absolute atomic E-state index is 13.3. The highest BCUT2D eigenvalue weighted by Crippen LogP contribution is 2.44. The minimum atomic E-state index is -0.760. The van der Waals surface area contributed by atoms with Gasteiger partial charge in [-0.1, -0.05) is 30.3 Å². The number of hydrogen-bond donors (Lipinski definition) is 1. The number of carbonyl (C=O) groups is 3. The average molecular weight is 414 g/mol. The van der Waals surface area contributed by atoms with Crippen LogP contribution in [0.4, 0.5) is 11.4 Å². The summed E-state index contributed by atoms with van der Waals surface area (Å²) < 4.78 is 0. The second kappa shape index (κ2) is 7.19. The van der Waals surface area contributed by atoms with E-state index in [-0.39, 0.29) is 30.7 Å². The molecule has 1 atom stereocenters. The summed E-state index contributed by atoms with van der Waals surface area (Å²) in [6.45, 7) is 2.12. The number of nitrogens with one attached hydrogen (secondary N) is 1. The van der Waals surface area contributed by atoms with Crippen LogP contribution in [0, 0.1) is 0 Å². The first-order valence-electron chi connectivity index (χ1n) is 10.4.